The SMILES string of the molecule is CCCN(CC)c1ccc(C=NNC(=S)Nc2ccc(C)cc2)cc1. The molecule has 0 fully saturated rings. The topological polar surface area (TPSA) is 39.7 Å². The lowest BCUT2D eigenvalue weighted by atomic mass is 10.2. The average molecular weight is 355 g/mol. The predicted molar refractivity (Wildman–Crippen MR) is 113 cm³/mol. The third-order valence-corrected chi connectivity index (χ3v) is 4.02. The van der Waals surface area contributed by atoms with Crippen molar-refractivity contribution in [1.29, 1.82) is 0 Å². The van der Waals surface area contributed by atoms with E-state index in [4.69, 9.17) is 12.2 Å². The molecule has 132 valence electrons. The molecular weight excluding hydrogens is 328 g/mol. The van der Waals surface area contributed by atoms with Gasteiger partial charge < -0.3 is 10.2 Å². The van der Waals surface area contributed by atoms with Crippen molar-refractivity contribution in [3.05, 3.63) is 59.7 Å². The second kappa shape index (κ2) is 9.79. The molecule has 0 aliphatic heterocycles. The van der Waals surface area contributed by atoms with Crippen LogP contribution in [-0.4, -0.2) is 24.4 Å². The van der Waals surface area contributed by atoms with Crippen molar-refractivity contribution in [1.82, 2.24) is 5.43 Å². The number of hydrazone groups is 1. The highest BCUT2D eigenvalue weighted by Crippen LogP contribution is 2.14. The van der Waals surface area contributed by atoms with E-state index < -0.39 is 0 Å². The van der Waals surface area contributed by atoms with E-state index in [1.807, 2.05) is 24.3 Å². The molecule has 0 saturated carbocycles. The Hall–Kier alpha value is -2.40. The van der Waals surface area contributed by atoms with E-state index in [-0.39, 0.29) is 0 Å². The normalized spacial score (nSPS) is 10.7. The van der Waals surface area contributed by atoms with E-state index in [1.54, 1.807) is 6.21 Å². The Morgan fingerprint density at radius 2 is 1.76 bits per heavy atom. The van der Waals surface area contributed by atoms with Crippen molar-refractivity contribution < 1.29 is 0 Å². The summed E-state index contributed by atoms with van der Waals surface area (Å²) in [5.41, 5.74) is 7.27. The lowest BCUT2D eigenvalue weighted by Gasteiger charge is -2.22. The Labute approximate surface area is 155 Å². The zero-order valence-corrected chi connectivity index (χ0v) is 15.9. The summed E-state index contributed by atoms with van der Waals surface area (Å²) in [5.74, 6) is 0. The minimum Gasteiger partial charge on any atom is -0.372 e. The van der Waals surface area contributed by atoms with Crippen LogP contribution in [0, 0.1) is 6.92 Å². The zero-order chi connectivity index (χ0) is 18.1. The standard InChI is InChI=1S/C20H26N4S/c1-4-14-24(5-2)19-12-8-17(9-13-19)15-21-23-20(25)22-18-10-6-16(3)7-11-18/h6-13,15H,4-5,14H2,1-3H3,(H2,22,23,25). The Morgan fingerprint density at radius 3 is 2.36 bits per heavy atom. The highest BCUT2D eigenvalue weighted by molar-refractivity contribution is 7.80. The maximum atomic E-state index is 5.24. The van der Waals surface area contributed by atoms with Crippen LogP contribution in [-0.2, 0) is 0 Å². The van der Waals surface area contributed by atoms with Gasteiger partial charge in [-0.05, 0) is 62.3 Å². The minimum atomic E-state index is 0.469. The van der Waals surface area contributed by atoms with Crippen molar-refractivity contribution in [2.75, 3.05) is 23.3 Å². The summed E-state index contributed by atoms with van der Waals surface area (Å²) in [6.07, 6.45) is 2.91. The van der Waals surface area contributed by atoms with Crippen LogP contribution < -0.4 is 15.6 Å². The van der Waals surface area contributed by atoms with E-state index in [0.29, 0.717) is 5.11 Å². The first-order valence-corrected chi connectivity index (χ1v) is 9.05. The van der Waals surface area contributed by atoms with E-state index in [0.717, 1.165) is 30.8 Å². The van der Waals surface area contributed by atoms with Crippen LogP contribution >= 0.6 is 12.2 Å². The first-order valence-electron chi connectivity index (χ1n) is 8.64. The fourth-order valence-electron chi connectivity index (χ4n) is 2.47. The quantitative estimate of drug-likeness (QED) is 0.435. The zero-order valence-electron chi connectivity index (χ0n) is 15.1. The van der Waals surface area contributed by atoms with Crippen molar-refractivity contribution in [2.24, 2.45) is 5.10 Å². The third kappa shape index (κ3) is 6.19. The predicted octanol–water partition coefficient (Wildman–Crippen LogP) is 4.55. The molecule has 0 aliphatic rings. The molecule has 25 heavy (non-hydrogen) atoms. The molecule has 2 aromatic rings. The molecule has 2 rings (SSSR count). The fourth-order valence-corrected chi connectivity index (χ4v) is 2.64. The highest BCUT2D eigenvalue weighted by Gasteiger charge is 2.02. The summed E-state index contributed by atoms with van der Waals surface area (Å²) >= 11 is 5.24. The largest absolute Gasteiger partial charge is 0.372 e. The summed E-state index contributed by atoms with van der Waals surface area (Å²) in [7, 11) is 0. The molecule has 0 bridgehead atoms. The summed E-state index contributed by atoms with van der Waals surface area (Å²) < 4.78 is 0. The number of hydrogen-bond acceptors (Lipinski definition) is 3. The molecule has 0 aliphatic carbocycles. The highest BCUT2D eigenvalue weighted by atomic mass is 32.1. The molecule has 0 saturated heterocycles. The maximum Gasteiger partial charge on any atom is 0.191 e. The summed E-state index contributed by atoms with van der Waals surface area (Å²) in [6.45, 7) is 8.52. The maximum absolute atomic E-state index is 5.24. The van der Waals surface area contributed by atoms with Gasteiger partial charge in [-0.2, -0.15) is 5.10 Å². The van der Waals surface area contributed by atoms with Gasteiger partial charge in [0.1, 0.15) is 0 Å². The van der Waals surface area contributed by atoms with Crippen LogP contribution in [0.3, 0.4) is 0 Å². The van der Waals surface area contributed by atoms with E-state index in [2.05, 4.69) is 65.8 Å². The number of nitrogens with zero attached hydrogens (tertiary/aromatic N) is 2. The average Bonchev–Trinajstić information content (AvgIpc) is 2.62. The van der Waals surface area contributed by atoms with Crippen LogP contribution in [0.1, 0.15) is 31.4 Å². The number of hydrogen-bond donors (Lipinski definition) is 2. The van der Waals surface area contributed by atoms with Crippen molar-refractivity contribution in [3.8, 4) is 0 Å². The molecule has 0 spiro atoms. The van der Waals surface area contributed by atoms with Gasteiger partial charge in [0.05, 0.1) is 6.21 Å². The van der Waals surface area contributed by atoms with Gasteiger partial charge in [-0.1, -0.05) is 36.8 Å². The molecule has 4 nitrogen and oxygen atoms in total. The minimum absolute atomic E-state index is 0.469. The molecule has 0 unspecified atom stereocenters. The van der Waals surface area contributed by atoms with Crippen LogP contribution in [0.15, 0.2) is 53.6 Å². The van der Waals surface area contributed by atoms with Crippen LogP contribution in [0.5, 0.6) is 0 Å². The van der Waals surface area contributed by atoms with E-state index in [1.165, 1.54) is 11.3 Å². The van der Waals surface area contributed by atoms with Gasteiger partial charge in [-0.3, -0.25) is 5.43 Å². The molecule has 5 heteroatoms. The molecule has 2 N–H and O–H groups in total. The molecule has 0 amide bonds. The van der Waals surface area contributed by atoms with Crippen molar-refractivity contribution >= 4 is 34.9 Å². The smallest absolute Gasteiger partial charge is 0.191 e. The van der Waals surface area contributed by atoms with Gasteiger partial charge in [0.2, 0.25) is 0 Å². The number of nitrogens with one attached hydrogen (secondary N) is 2. The Balaban J connectivity index is 1.86. The van der Waals surface area contributed by atoms with Crippen molar-refractivity contribution in [2.45, 2.75) is 27.2 Å². The summed E-state index contributed by atoms with van der Waals surface area (Å²) in [5, 5.41) is 7.76. The molecule has 0 radical (unpaired) electrons. The first kappa shape index (κ1) is 18.9. The van der Waals surface area contributed by atoms with E-state index in [9.17, 15) is 0 Å². The van der Waals surface area contributed by atoms with Crippen LogP contribution in [0.4, 0.5) is 11.4 Å². The summed E-state index contributed by atoms with van der Waals surface area (Å²) in [4.78, 5) is 2.36. The van der Waals surface area contributed by atoms with Gasteiger partial charge in [0.25, 0.3) is 0 Å². The van der Waals surface area contributed by atoms with E-state index >= 15 is 0 Å². The number of benzene rings is 2. The van der Waals surface area contributed by atoms with Crippen LogP contribution in [0.2, 0.25) is 0 Å². The Morgan fingerprint density at radius 1 is 1.08 bits per heavy atom. The molecule has 0 aromatic heterocycles. The second-order valence-corrected chi connectivity index (χ2v) is 6.27. The van der Waals surface area contributed by atoms with Crippen LogP contribution in [0.25, 0.3) is 0 Å². The summed E-state index contributed by atoms with van der Waals surface area (Å²) in [6, 6.07) is 16.4. The number of anilines is 2. The number of aryl methyl sites for hydroxylation is 1. The number of thiocarbonyl (C=S) groups is 1. The molecular formula is C20H26N4S. The Kier molecular flexibility index (Phi) is 7.41. The van der Waals surface area contributed by atoms with Gasteiger partial charge in [0, 0.05) is 24.5 Å². The monoisotopic (exact) mass is 354 g/mol. The first-order chi connectivity index (χ1) is 12.1. The second-order valence-electron chi connectivity index (χ2n) is 5.86. The van der Waals surface area contributed by atoms with Gasteiger partial charge >= 0.3 is 0 Å². The van der Waals surface area contributed by atoms with Gasteiger partial charge in [0.15, 0.2) is 5.11 Å². The fraction of sp³-hybridized carbons (Fsp3) is 0.300. The molecule has 0 atom stereocenters. The number of rotatable bonds is 7. The van der Waals surface area contributed by atoms with Gasteiger partial charge in [-0.25, -0.2) is 0 Å². The lowest BCUT2D eigenvalue weighted by molar-refractivity contribution is 0.792. The third-order valence-electron chi connectivity index (χ3n) is 3.82. The lowest BCUT2D eigenvalue weighted by Crippen LogP contribution is -2.24. The Bertz CT molecular complexity index is 693. The molecule has 2 aromatic carbocycles. The van der Waals surface area contributed by atoms with Crippen molar-refractivity contribution in [3.63, 3.8) is 0 Å². The molecule has 0 heterocycles. The van der Waals surface area contributed by atoms with Gasteiger partial charge in [-0.15, -0.1) is 0 Å².